The van der Waals surface area contributed by atoms with Crippen molar-refractivity contribution in [2.24, 2.45) is 7.05 Å². The molecule has 0 saturated carbocycles. The average molecular weight is 273 g/mol. The largest absolute Gasteiger partial charge is 0.368 e. The molecule has 0 radical (unpaired) electrons. The topological polar surface area (TPSA) is 56.1 Å². The van der Waals surface area contributed by atoms with E-state index in [1.54, 1.807) is 19.6 Å². The Bertz CT molecular complexity index is 603. The molecule has 0 bridgehead atoms. The summed E-state index contributed by atoms with van der Waals surface area (Å²) in [6.45, 7) is 3.66. The number of nitrogens with zero attached hydrogens (tertiary/aromatic N) is 5. The molecule has 6 heteroatoms. The number of hydrogen-bond acceptors (Lipinski definition) is 5. The summed E-state index contributed by atoms with van der Waals surface area (Å²) in [7, 11) is 3.69. The maximum atomic E-state index is 5.76. The Kier molecular flexibility index (Phi) is 3.17. The van der Waals surface area contributed by atoms with Crippen LogP contribution in [0.4, 0.5) is 5.82 Å². The highest BCUT2D eigenvalue weighted by atomic mass is 16.5. The lowest BCUT2D eigenvalue weighted by Crippen LogP contribution is -2.61. The molecule has 106 valence electrons. The maximum Gasteiger partial charge on any atom is 0.144 e. The van der Waals surface area contributed by atoms with Gasteiger partial charge in [-0.25, -0.2) is 9.97 Å². The van der Waals surface area contributed by atoms with Crippen LogP contribution in [-0.4, -0.2) is 39.9 Å². The van der Waals surface area contributed by atoms with Crippen molar-refractivity contribution in [1.82, 2.24) is 19.7 Å². The molecule has 3 rings (SSSR count). The van der Waals surface area contributed by atoms with Crippen LogP contribution in [0.15, 0.2) is 24.7 Å². The van der Waals surface area contributed by atoms with Crippen LogP contribution in [-0.2, 0) is 23.8 Å². The van der Waals surface area contributed by atoms with Gasteiger partial charge in [0.25, 0.3) is 0 Å². The lowest BCUT2D eigenvalue weighted by atomic mass is 9.90. The van der Waals surface area contributed by atoms with E-state index in [0.717, 1.165) is 36.7 Å². The van der Waals surface area contributed by atoms with Crippen LogP contribution >= 0.6 is 0 Å². The third kappa shape index (κ3) is 1.96. The van der Waals surface area contributed by atoms with Gasteiger partial charge in [0.1, 0.15) is 17.7 Å². The molecule has 0 aliphatic carbocycles. The van der Waals surface area contributed by atoms with Crippen molar-refractivity contribution in [3.8, 4) is 0 Å². The molecule has 3 heterocycles. The van der Waals surface area contributed by atoms with Crippen molar-refractivity contribution in [2.75, 3.05) is 25.1 Å². The summed E-state index contributed by atoms with van der Waals surface area (Å²) in [4.78, 5) is 10.8. The predicted octanol–water partition coefficient (Wildman–Crippen LogP) is 1.13. The van der Waals surface area contributed by atoms with E-state index in [2.05, 4.69) is 26.9 Å². The smallest absolute Gasteiger partial charge is 0.144 e. The van der Waals surface area contributed by atoms with E-state index in [0.29, 0.717) is 0 Å². The van der Waals surface area contributed by atoms with Gasteiger partial charge in [-0.2, -0.15) is 5.10 Å². The Balaban J connectivity index is 1.81. The van der Waals surface area contributed by atoms with Gasteiger partial charge in [0.2, 0.25) is 0 Å². The number of anilines is 1. The summed E-state index contributed by atoms with van der Waals surface area (Å²) in [5.74, 6) is 0.965. The molecule has 0 N–H and O–H groups in total. The van der Waals surface area contributed by atoms with Crippen molar-refractivity contribution >= 4 is 5.82 Å². The minimum atomic E-state index is -0.289. The van der Waals surface area contributed by atoms with Gasteiger partial charge in [-0.15, -0.1) is 0 Å². The molecule has 0 atom stereocenters. The third-order valence-electron chi connectivity index (χ3n) is 3.97. The second-order valence-electron chi connectivity index (χ2n) is 5.12. The van der Waals surface area contributed by atoms with Crippen molar-refractivity contribution in [3.05, 3.63) is 36.0 Å². The molecule has 1 aliphatic rings. The van der Waals surface area contributed by atoms with Crippen LogP contribution in [0.25, 0.3) is 0 Å². The molecule has 1 fully saturated rings. The van der Waals surface area contributed by atoms with Crippen LogP contribution in [0.2, 0.25) is 0 Å². The Morgan fingerprint density at radius 3 is 2.75 bits per heavy atom. The van der Waals surface area contributed by atoms with Crippen LogP contribution in [0.5, 0.6) is 0 Å². The average Bonchev–Trinajstić information content (AvgIpc) is 2.86. The van der Waals surface area contributed by atoms with E-state index < -0.39 is 0 Å². The van der Waals surface area contributed by atoms with Gasteiger partial charge in [0.15, 0.2) is 0 Å². The van der Waals surface area contributed by atoms with Gasteiger partial charge >= 0.3 is 0 Å². The monoisotopic (exact) mass is 273 g/mol. The van der Waals surface area contributed by atoms with Gasteiger partial charge in [0, 0.05) is 32.1 Å². The number of methoxy groups -OCH3 is 1. The van der Waals surface area contributed by atoms with Gasteiger partial charge in [-0.05, 0) is 12.5 Å². The molecule has 0 amide bonds. The van der Waals surface area contributed by atoms with Gasteiger partial charge in [0.05, 0.1) is 18.8 Å². The summed E-state index contributed by atoms with van der Waals surface area (Å²) in [6.07, 6.45) is 4.35. The van der Waals surface area contributed by atoms with E-state index in [1.165, 1.54) is 0 Å². The summed E-state index contributed by atoms with van der Waals surface area (Å²) in [5.41, 5.74) is 1.87. The molecule has 0 aromatic carbocycles. The first-order valence-corrected chi connectivity index (χ1v) is 6.78. The zero-order valence-electron chi connectivity index (χ0n) is 12.1. The summed E-state index contributed by atoms with van der Waals surface area (Å²) >= 11 is 0. The number of hydrogen-bond donors (Lipinski definition) is 0. The molecule has 2 aromatic rings. The van der Waals surface area contributed by atoms with Crippen LogP contribution in [0.3, 0.4) is 0 Å². The number of ether oxygens (including phenoxy) is 1. The van der Waals surface area contributed by atoms with Crippen molar-refractivity contribution < 1.29 is 4.74 Å². The highest BCUT2D eigenvalue weighted by molar-refractivity contribution is 5.46. The lowest BCUT2D eigenvalue weighted by Gasteiger charge is -2.49. The highest BCUT2D eigenvalue weighted by Crippen LogP contribution is 2.37. The highest BCUT2D eigenvalue weighted by Gasteiger charge is 2.47. The van der Waals surface area contributed by atoms with E-state index in [-0.39, 0.29) is 5.60 Å². The Labute approximate surface area is 118 Å². The molecule has 2 aromatic heterocycles. The fourth-order valence-corrected chi connectivity index (χ4v) is 2.70. The zero-order chi connectivity index (χ0) is 14.2. The van der Waals surface area contributed by atoms with Crippen molar-refractivity contribution in [1.29, 1.82) is 0 Å². The quantitative estimate of drug-likeness (QED) is 0.836. The summed E-state index contributed by atoms with van der Waals surface area (Å²) in [5, 5.41) is 4.23. The van der Waals surface area contributed by atoms with Crippen LogP contribution < -0.4 is 4.90 Å². The Hall–Kier alpha value is -1.95. The molecule has 20 heavy (non-hydrogen) atoms. The van der Waals surface area contributed by atoms with Gasteiger partial charge < -0.3 is 9.64 Å². The van der Waals surface area contributed by atoms with E-state index in [9.17, 15) is 0 Å². The van der Waals surface area contributed by atoms with Gasteiger partial charge in [-0.3, -0.25) is 4.68 Å². The minimum absolute atomic E-state index is 0.289. The normalized spacial score (nSPS) is 17.1. The Morgan fingerprint density at radius 1 is 1.35 bits per heavy atom. The standard InChI is InChI=1S/C14H19N5O/c1-4-11-7-13(16-10-15-11)19-8-14(9-19,20-3)12-5-6-17-18(12)2/h5-7,10H,4,8-9H2,1-3H3. The first-order valence-electron chi connectivity index (χ1n) is 6.78. The fraction of sp³-hybridized carbons (Fsp3) is 0.500. The van der Waals surface area contributed by atoms with Crippen LogP contribution in [0.1, 0.15) is 18.3 Å². The first-order chi connectivity index (χ1) is 9.68. The van der Waals surface area contributed by atoms with Gasteiger partial charge in [-0.1, -0.05) is 6.92 Å². The third-order valence-corrected chi connectivity index (χ3v) is 3.97. The van der Waals surface area contributed by atoms with Crippen molar-refractivity contribution in [2.45, 2.75) is 18.9 Å². The van der Waals surface area contributed by atoms with E-state index >= 15 is 0 Å². The fourth-order valence-electron chi connectivity index (χ4n) is 2.70. The molecule has 6 nitrogen and oxygen atoms in total. The second-order valence-corrected chi connectivity index (χ2v) is 5.12. The molecule has 1 saturated heterocycles. The SMILES string of the molecule is CCc1cc(N2CC(OC)(c3ccnn3C)C2)ncn1. The summed E-state index contributed by atoms with van der Waals surface area (Å²) < 4.78 is 7.63. The van der Waals surface area contributed by atoms with Crippen molar-refractivity contribution in [3.63, 3.8) is 0 Å². The number of rotatable bonds is 4. The maximum absolute atomic E-state index is 5.76. The summed E-state index contributed by atoms with van der Waals surface area (Å²) in [6, 6.07) is 4.06. The van der Waals surface area contributed by atoms with Crippen LogP contribution in [0, 0.1) is 0 Å². The number of aromatic nitrogens is 4. The first kappa shape index (κ1) is 13.1. The predicted molar refractivity (Wildman–Crippen MR) is 75.5 cm³/mol. The molecule has 0 unspecified atom stereocenters. The zero-order valence-corrected chi connectivity index (χ0v) is 12.1. The Morgan fingerprint density at radius 2 is 2.15 bits per heavy atom. The molecule has 1 aliphatic heterocycles. The number of aryl methyl sites for hydroxylation is 2. The molecular formula is C14H19N5O. The molecular weight excluding hydrogens is 254 g/mol. The van der Waals surface area contributed by atoms with E-state index in [4.69, 9.17) is 4.74 Å². The lowest BCUT2D eigenvalue weighted by molar-refractivity contribution is -0.0447. The minimum Gasteiger partial charge on any atom is -0.368 e. The molecule has 0 spiro atoms. The second kappa shape index (κ2) is 4.86. The van der Waals surface area contributed by atoms with E-state index in [1.807, 2.05) is 23.9 Å².